The maximum absolute atomic E-state index is 4.71. The summed E-state index contributed by atoms with van der Waals surface area (Å²) in [6, 6.07) is 8.63. The van der Waals surface area contributed by atoms with Gasteiger partial charge in [0.15, 0.2) is 5.96 Å². The molecule has 1 aromatic carbocycles. The Hall–Kier alpha value is -1.57. The van der Waals surface area contributed by atoms with Gasteiger partial charge in [-0.1, -0.05) is 29.8 Å². The Balaban J connectivity index is 0.00000312. The van der Waals surface area contributed by atoms with Crippen molar-refractivity contribution in [3.63, 3.8) is 0 Å². The van der Waals surface area contributed by atoms with Crippen LogP contribution in [0.5, 0.6) is 0 Å². The van der Waals surface area contributed by atoms with Gasteiger partial charge in [0.1, 0.15) is 0 Å². The third-order valence-corrected chi connectivity index (χ3v) is 4.19. The highest BCUT2D eigenvalue weighted by Crippen LogP contribution is 2.12. The molecular weight excluding hydrogens is 425 g/mol. The predicted octanol–water partition coefficient (Wildman–Crippen LogP) is 3.26. The number of hydrogen-bond acceptors (Lipinski definition) is 2. The standard InChI is InChI=1S/C19H29N5.HI/c1-6-20-19(21-11-10-17-9-7-8-14(2)12-17)22-13-18-15(3)23-24(5)16(18)4;/h7-9,12H,6,10-11,13H2,1-5H3,(H2,20,21,22);1H. The number of aromatic nitrogens is 2. The van der Waals surface area contributed by atoms with Crippen LogP contribution >= 0.6 is 24.0 Å². The summed E-state index contributed by atoms with van der Waals surface area (Å²) >= 11 is 0. The molecule has 0 aliphatic rings. The monoisotopic (exact) mass is 455 g/mol. The van der Waals surface area contributed by atoms with Crippen molar-refractivity contribution in [1.29, 1.82) is 0 Å². The van der Waals surface area contributed by atoms with Crippen LogP contribution in [-0.4, -0.2) is 28.8 Å². The first-order valence-corrected chi connectivity index (χ1v) is 8.58. The smallest absolute Gasteiger partial charge is 0.191 e. The minimum atomic E-state index is 0. The van der Waals surface area contributed by atoms with Gasteiger partial charge in [0.25, 0.3) is 0 Å². The summed E-state index contributed by atoms with van der Waals surface area (Å²) in [7, 11) is 1.97. The normalized spacial score (nSPS) is 11.2. The Morgan fingerprint density at radius 1 is 1.20 bits per heavy atom. The molecule has 0 saturated carbocycles. The Morgan fingerprint density at radius 2 is 1.96 bits per heavy atom. The Labute approximate surface area is 168 Å². The highest BCUT2D eigenvalue weighted by Gasteiger charge is 2.08. The number of aryl methyl sites for hydroxylation is 3. The first kappa shape index (κ1) is 21.5. The first-order valence-electron chi connectivity index (χ1n) is 8.58. The molecule has 6 heteroatoms. The van der Waals surface area contributed by atoms with E-state index in [2.05, 4.69) is 60.8 Å². The lowest BCUT2D eigenvalue weighted by atomic mass is 10.1. The van der Waals surface area contributed by atoms with E-state index in [4.69, 9.17) is 4.99 Å². The maximum atomic E-state index is 4.71. The zero-order chi connectivity index (χ0) is 17.5. The van der Waals surface area contributed by atoms with Crippen LogP contribution in [0.25, 0.3) is 0 Å². The highest BCUT2D eigenvalue weighted by atomic mass is 127. The van der Waals surface area contributed by atoms with Gasteiger partial charge in [0.2, 0.25) is 0 Å². The summed E-state index contributed by atoms with van der Waals surface area (Å²) in [5.41, 5.74) is 6.07. The lowest BCUT2D eigenvalue weighted by Crippen LogP contribution is -2.38. The van der Waals surface area contributed by atoms with Crippen LogP contribution in [0.2, 0.25) is 0 Å². The Bertz CT molecular complexity index is 706. The van der Waals surface area contributed by atoms with E-state index >= 15 is 0 Å². The molecule has 0 saturated heterocycles. The van der Waals surface area contributed by atoms with Crippen molar-refractivity contribution in [2.24, 2.45) is 12.0 Å². The zero-order valence-electron chi connectivity index (χ0n) is 15.9. The molecule has 0 radical (unpaired) electrons. The van der Waals surface area contributed by atoms with Crippen LogP contribution in [-0.2, 0) is 20.0 Å². The fraction of sp³-hybridized carbons (Fsp3) is 0.474. The number of halogens is 1. The molecule has 1 aromatic heterocycles. The molecule has 25 heavy (non-hydrogen) atoms. The average Bonchev–Trinajstić information content (AvgIpc) is 2.78. The van der Waals surface area contributed by atoms with E-state index < -0.39 is 0 Å². The number of hydrogen-bond donors (Lipinski definition) is 2. The minimum Gasteiger partial charge on any atom is -0.357 e. The van der Waals surface area contributed by atoms with Crippen LogP contribution in [0.1, 0.15) is 35.0 Å². The lowest BCUT2D eigenvalue weighted by Gasteiger charge is -2.11. The summed E-state index contributed by atoms with van der Waals surface area (Å²) in [5, 5.41) is 11.2. The quantitative estimate of drug-likeness (QED) is 0.400. The predicted molar refractivity (Wildman–Crippen MR) is 116 cm³/mol. The molecule has 0 aliphatic carbocycles. The second-order valence-corrected chi connectivity index (χ2v) is 6.13. The molecule has 2 rings (SSSR count). The molecule has 0 unspecified atom stereocenters. The van der Waals surface area contributed by atoms with Gasteiger partial charge in [-0.3, -0.25) is 4.68 Å². The van der Waals surface area contributed by atoms with E-state index in [0.29, 0.717) is 6.54 Å². The number of benzene rings is 1. The van der Waals surface area contributed by atoms with Crippen LogP contribution in [0.3, 0.4) is 0 Å². The van der Waals surface area contributed by atoms with Gasteiger partial charge in [-0.05, 0) is 39.7 Å². The van der Waals surface area contributed by atoms with Gasteiger partial charge in [-0.2, -0.15) is 5.10 Å². The number of rotatable bonds is 6. The van der Waals surface area contributed by atoms with Crippen molar-refractivity contribution in [2.75, 3.05) is 13.1 Å². The van der Waals surface area contributed by atoms with Gasteiger partial charge in [-0.25, -0.2) is 4.99 Å². The van der Waals surface area contributed by atoms with Crippen molar-refractivity contribution in [3.05, 3.63) is 52.3 Å². The molecule has 1 heterocycles. The molecule has 5 nitrogen and oxygen atoms in total. The van der Waals surface area contributed by atoms with Gasteiger partial charge >= 0.3 is 0 Å². The zero-order valence-corrected chi connectivity index (χ0v) is 18.2. The SMILES string of the molecule is CCNC(=NCc1c(C)nn(C)c1C)NCCc1cccc(C)c1.I. The molecule has 0 aliphatic heterocycles. The van der Waals surface area contributed by atoms with Gasteiger partial charge in [0.05, 0.1) is 12.2 Å². The minimum absolute atomic E-state index is 0. The topological polar surface area (TPSA) is 54.2 Å². The number of aliphatic imine (C=N–C) groups is 1. The molecule has 138 valence electrons. The van der Waals surface area contributed by atoms with Crippen LogP contribution in [0, 0.1) is 20.8 Å². The van der Waals surface area contributed by atoms with Crippen LogP contribution in [0.15, 0.2) is 29.3 Å². The van der Waals surface area contributed by atoms with Gasteiger partial charge in [0, 0.05) is 31.4 Å². The largest absolute Gasteiger partial charge is 0.357 e. The number of nitrogens with zero attached hydrogens (tertiary/aromatic N) is 3. The van der Waals surface area contributed by atoms with E-state index in [9.17, 15) is 0 Å². The first-order chi connectivity index (χ1) is 11.5. The molecular formula is C19H30IN5. The van der Waals surface area contributed by atoms with E-state index in [1.807, 2.05) is 18.7 Å². The van der Waals surface area contributed by atoms with Crippen molar-refractivity contribution >= 4 is 29.9 Å². The molecule has 0 bridgehead atoms. The number of nitrogens with one attached hydrogen (secondary N) is 2. The van der Waals surface area contributed by atoms with E-state index in [1.165, 1.54) is 22.4 Å². The molecule has 2 aromatic rings. The molecule has 0 spiro atoms. The summed E-state index contributed by atoms with van der Waals surface area (Å²) in [4.78, 5) is 4.71. The van der Waals surface area contributed by atoms with Crippen molar-refractivity contribution in [2.45, 2.75) is 40.7 Å². The van der Waals surface area contributed by atoms with E-state index in [-0.39, 0.29) is 24.0 Å². The number of guanidine groups is 1. The Morgan fingerprint density at radius 3 is 2.56 bits per heavy atom. The molecule has 0 amide bonds. The summed E-state index contributed by atoms with van der Waals surface area (Å²) in [6.07, 6.45) is 0.983. The fourth-order valence-electron chi connectivity index (χ4n) is 2.74. The van der Waals surface area contributed by atoms with Crippen molar-refractivity contribution < 1.29 is 0 Å². The second kappa shape index (κ2) is 10.4. The van der Waals surface area contributed by atoms with Gasteiger partial charge < -0.3 is 10.6 Å². The van der Waals surface area contributed by atoms with E-state index in [0.717, 1.165) is 31.2 Å². The summed E-state index contributed by atoms with van der Waals surface area (Å²) < 4.78 is 1.91. The Kier molecular flexibility index (Phi) is 8.96. The van der Waals surface area contributed by atoms with E-state index in [1.54, 1.807) is 0 Å². The summed E-state index contributed by atoms with van der Waals surface area (Å²) in [6.45, 7) is 10.7. The highest BCUT2D eigenvalue weighted by molar-refractivity contribution is 14.0. The van der Waals surface area contributed by atoms with Crippen LogP contribution < -0.4 is 10.6 Å². The second-order valence-electron chi connectivity index (χ2n) is 6.13. The average molecular weight is 455 g/mol. The lowest BCUT2D eigenvalue weighted by molar-refractivity contribution is 0.730. The van der Waals surface area contributed by atoms with Crippen molar-refractivity contribution in [3.8, 4) is 0 Å². The van der Waals surface area contributed by atoms with Crippen LogP contribution in [0.4, 0.5) is 0 Å². The molecule has 0 fully saturated rings. The van der Waals surface area contributed by atoms with Gasteiger partial charge in [-0.15, -0.1) is 24.0 Å². The summed E-state index contributed by atoms with van der Waals surface area (Å²) in [5.74, 6) is 0.854. The van der Waals surface area contributed by atoms with Crippen molar-refractivity contribution in [1.82, 2.24) is 20.4 Å². The third kappa shape index (κ3) is 6.34. The third-order valence-electron chi connectivity index (χ3n) is 4.19. The maximum Gasteiger partial charge on any atom is 0.191 e. The fourth-order valence-corrected chi connectivity index (χ4v) is 2.74. The molecule has 2 N–H and O–H groups in total. The molecule has 0 atom stereocenters.